The summed E-state index contributed by atoms with van der Waals surface area (Å²) >= 11 is 0. The van der Waals surface area contributed by atoms with Crippen molar-refractivity contribution >= 4 is 11.9 Å². The highest BCUT2D eigenvalue weighted by Gasteiger charge is 2.45. The van der Waals surface area contributed by atoms with Gasteiger partial charge >= 0.3 is 6.01 Å². The van der Waals surface area contributed by atoms with Crippen LogP contribution >= 0.6 is 0 Å². The second-order valence-electron chi connectivity index (χ2n) is 5.76. The lowest BCUT2D eigenvalue weighted by Gasteiger charge is -2.28. The summed E-state index contributed by atoms with van der Waals surface area (Å²) in [6, 6.07) is 0.570. The molecule has 1 saturated carbocycles. The van der Waals surface area contributed by atoms with Crippen LogP contribution in [-0.2, 0) is 4.79 Å². The molecule has 4 unspecified atom stereocenters. The van der Waals surface area contributed by atoms with Crippen molar-refractivity contribution in [3.8, 4) is 0 Å². The van der Waals surface area contributed by atoms with Crippen LogP contribution in [0.4, 0.5) is 6.01 Å². The van der Waals surface area contributed by atoms with Crippen LogP contribution in [0.25, 0.3) is 0 Å². The number of likely N-dealkylation sites (N-methyl/N-ethyl adjacent to an activating group) is 1. The van der Waals surface area contributed by atoms with E-state index in [0.717, 1.165) is 12.8 Å². The number of fused-ring (bicyclic) bond motifs is 1. The Morgan fingerprint density at radius 1 is 1.47 bits per heavy atom. The number of oxazole rings is 1. The molecule has 2 heterocycles. The van der Waals surface area contributed by atoms with Crippen molar-refractivity contribution in [1.82, 2.24) is 10.3 Å². The monoisotopic (exact) mass is 263 g/mol. The van der Waals surface area contributed by atoms with Gasteiger partial charge in [0.05, 0.1) is 12.2 Å². The molecule has 1 aromatic rings. The Morgan fingerprint density at radius 3 is 3.00 bits per heavy atom. The number of aromatic nitrogens is 1. The molecule has 1 aromatic heterocycles. The number of rotatable bonds is 2. The van der Waals surface area contributed by atoms with Gasteiger partial charge in [0.1, 0.15) is 6.26 Å². The highest BCUT2D eigenvalue weighted by atomic mass is 16.4. The Balaban J connectivity index is 1.99. The molecule has 0 radical (unpaired) electrons. The molecule has 1 amide bonds. The highest BCUT2D eigenvalue weighted by molar-refractivity contribution is 5.96. The molecule has 2 aliphatic rings. The smallest absolute Gasteiger partial charge is 0.304 e. The predicted octanol–water partition coefficient (Wildman–Crippen LogP) is 1.80. The Morgan fingerprint density at radius 2 is 2.32 bits per heavy atom. The van der Waals surface area contributed by atoms with Crippen molar-refractivity contribution in [2.75, 3.05) is 11.9 Å². The first-order valence-corrected chi connectivity index (χ1v) is 7.12. The zero-order chi connectivity index (χ0) is 13.4. The lowest BCUT2D eigenvalue weighted by molar-refractivity contribution is -0.121. The van der Waals surface area contributed by atoms with E-state index in [0.29, 0.717) is 17.9 Å². The summed E-state index contributed by atoms with van der Waals surface area (Å²) in [4.78, 5) is 18.8. The maximum atomic E-state index is 12.8. The van der Waals surface area contributed by atoms with Crippen LogP contribution in [-0.4, -0.2) is 30.0 Å². The highest BCUT2D eigenvalue weighted by Crippen LogP contribution is 2.40. The number of nitrogens with one attached hydrogen (secondary N) is 1. The molecule has 1 aliphatic heterocycles. The van der Waals surface area contributed by atoms with E-state index >= 15 is 0 Å². The average molecular weight is 263 g/mol. The minimum Gasteiger partial charge on any atom is -0.432 e. The maximum Gasteiger partial charge on any atom is 0.304 e. The van der Waals surface area contributed by atoms with Crippen molar-refractivity contribution in [1.29, 1.82) is 0 Å². The lowest BCUT2D eigenvalue weighted by atomic mass is 9.90. The van der Waals surface area contributed by atoms with E-state index in [2.05, 4.69) is 17.2 Å². The first-order valence-electron chi connectivity index (χ1n) is 7.12. The van der Waals surface area contributed by atoms with Gasteiger partial charge in [-0.2, -0.15) is 0 Å². The molecule has 19 heavy (non-hydrogen) atoms. The van der Waals surface area contributed by atoms with Gasteiger partial charge in [-0.3, -0.25) is 9.69 Å². The minimum absolute atomic E-state index is 0.104. The van der Waals surface area contributed by atoms with E-state index in [1.54, 1.807) is 6.20 Å². The molecule has 5 nitrogen and oxygen atoms in total. The number of carbonyl (C=O) groups excluding carboxylic acids is 1. The molecule has 0 aromatic carbocycles. The van der Waals surface area contributed by atoms with Crippen molar-refractivity contribution < 1.29 is 9.21 Å². The number of amides is 1. The summed E-state index contributed by atoms with van der Waals surface area (Å²) in [5.74, 6) is 1.03. The number of nitrogens with zero attached hydrogens (tertiary/aromatic N) is 2. The van der Waals surface area contributed by atoms with E-state index < -0.39 is 0 Å². The van der Waals surface area contributed by atoms with Gasteiger partial charge in [-0.1, -0.05) is 13.3 Å². The van der Waals surface area contributed by atoms with Crippen LogP contribution in [0.5, 0.6) is 0 Å². The van der Waals surface area contributed by atoms with Crippen LogP contribution in [0.3, 0.4) is 0 Å². The molecule has 1 N–H and O–H groups in total. The normalized spacial score (nSPS) is 35.3. The Kier molecular flexibility index (Phi) is 3.31. The number of hydrogen-bond donors (Lipinski definition) is 1. The zero-order valence-corrected chi connectivity index (χ0v) is 11.5. The van der Waals surface area contributed by atoms with E-state index in [9.17, 15) is 4.79 Å². The van der Waals surface area contributed by atoms with Gasteiger partial charge in [-0.15, -0.1) is 0 Å². The first-order chi connectivity index (χ1) is 9.22. The molecule has 0 spiro atoms. The summed E-state index contributed by atoms with van der Waals surface area (Å²) in [5, 5.41) is 3.16. The van der Waals surface area contributed by atoms with Crippen LogP contribution in [0.2, 0.25) is 0 Å². The minimum atomic E-state index is -0.141. The van der Waals surface area contributed by atoms with Crippen LogP contribution in [0.1, 0.15) is 32.6 Å². The van der Waals surface area contributed by atoms with Crippen molar-refractivity contribution in [3.05, 3.63) is 12.5 Å². The predicted molar refractivity (Wildman–Crippen MR) is 71.7 cm³/mol. The summed E-state index contributed by atoms with van der Waals surface area (Å²) in [6.45, 7) is 2.16. The summed E-state index contributed by atoms with van der Waals surface area (Å²) in [5.41, 5.74) is 0. The fraction of sp³-hybridized carbons (Fsp3) is 0.714. The Hall–Kier alpha value is -1.36. The molecule has 1 aliphatic carbocycles. The summed E-state index contributed by atoms with van der Waals surface area (Å²) < 4.78 is 5.40. The van der Waals surface area contributed by atoms with E-state index in [1.165, 1.54) is 19.1 Å². The maximum absolute atomic E-state index is 12.8. The Labute approximate surface area is 113 Å². The van der Waals surface area contributed by atoms with Gasteiger partial charge in [0.2, 0.25) is 5.91 Å². The molecule has 0 bridgehead atoms. The largest absolute Gasteiger partial charge is 0.432 e. The molecular formula is C14H21N3O2. The van der Waals surface area contributed by atoms with Crippen molar-refractivity contribution in [3.63, 3.8) is 0 Å². The van der Waals surface area contributed by atoms with Gasteiger partial charge in [-0.25, -0.2) is 4.98 Å². The van der Waals surface area contributed by atoms with Crippen molar-refractivity contribution in [2.45, 2.75) is 44.7 Å². The first kappa shape index (κ1) is 12.7. The fourth-order valence-corrected chi connectivity index (χ4v) is 3.78. The van der Waals surface area contributed by atoms with E-state index in [1.807, 2.05) is 11.9 Å². The molecule has 5 heteroatoms. The average Bonchev–Trinajstić information content (AvgIpc) is 3.02. The van der Waals surface area contributed by atoms with Gasteiger partial charge in [-0.05, 0) is 38.1 Å². The summed E-state index contributed by atoms with van der Waals surface area (Å²) in [7, 11) is 1.86. The molecule has 1 saturated heterocycles. The third kappa shape index (κ3) is 2.06. The van der Waals surface area contributed by atoms with Gasteiger partial charge in [0, 0.05) is 6.04 Å². The van der Waals surface area contributed by atoms with Gasteiger partial charge in [0.25, 0.3) is 0 Å². The van der Waals surface area contributed by atoms with E-state index in [-0.39, 0.29) is 18.0 Å². The second kappa shape index (κ2) is 4.96. The number of hydrogen-bond acceptors (Lipinski definition) is 4. The van der Waals surface area contributed by atoms with E-state index in [4.69, 9.17) is 4.42 Å². The SMILES string of the molecule is CNC1C(=O)N(c2ncco2)C2CCCC2CC1C. The second-order valence-corrected chi connectivity index (χ2v) is 5.76. The topological polar surface area (TPSA) is 58.4 Å². The lowest BCUT2D eigenvalue weighted by Crippen LogP contribution is -2.50. The van der Waals surface area contributed by atoms with Gasteiger partial charge < -0.3 is 9.73 Å². The molecule has 4 atom stereocenters. The van der Waals surface area contributed by atoms with Crippen molar-refractivity contribution in [2.24, 2.45) is 11.8 Å². The van der Waals surface area contributed by atoms with Crippen LogP contribution in [0.15, 0.2) is 16.9 Å². The zero-order valence-electron chi connectivity index (χ0n) is 11.5. The molecular weight excluding hydrogens is 242 g/mol. The molecule has 104 valence electrons. The Bertz CT molecular complexity index is 446. The molecule has 3 rings (SSSR count). The molecule has 2 fully saturated rings. The fourth-order valence-electron chi connectivity index (χ4n) is 3.78. The quantitative estimate of drug-likeness (QED) is 0.884. The third-order valence-corrected chi connectivity index (χ3v) is 4.63. The van der Waals surface area contributed by atoms with Crippen LogP contribution in [0, 0.1) is 11.8 Å². The van der Waals surface area contributed by atoms with Gasteiger partial charge in [0.15, 0.2) is 0 Å². The van der Waals surface area contributed by atoms with Crippen LogP contribution < -0.4 is 10.2 Å². The summed E-state index contributed by atoms with van der Waals surface area (Å²) in [6.07, 6.45) is 7.69. The number of carbonyl (C=O) groups is 1. The number of anilines is 1. The third-order valence-electron chi connectivity index (χ3n) is 4.63. The standard InChI is InChI=1S/C14H21N3O2/c1-9-8-10-4-3-5-11(10)17(13(18)12(9)15-2)14-16-6-7-19-14/h6-7,9-12,15H,3-5,8H2,1-2H3.